The Morgan fingerprint density at radius 1 is 0.824 bits per heavy atom. The summed E-state index contributed by atoms with van der Waals surface area (Å²) in [5, 5.41) is 19.2. The Morgan fingerprint density at radius 3 is 2.09 bits per heavy atom. The minimum absolute atomic E-state index is 0.0230. The maximum Gasteiger partial charge on any atom is 0.305 e. The van der Waals surface area contributed by atoms with E-state index in [-0.39, 0.29) is 18.7 Å². The number of hydrogen-bond acceptors (Lipinski definition) is 8. The van der Waals surface area contributed by atoms with Crippen LogP contribution < -0.4 is 0 Å². The second kappa shape index (κ2) is 26.6. The number of esters is 1. The molecule has 0 bridgehead atoms. The van der Waals surface area contributed by atoms with Crippen molar-refractivity contribution in [2.75, 3.05) is 60.0 Å². The van der Waals surface area contributed by atoms with Crippen molar-refractivity contribution in [3.8, 4) is 0 Å². The van der Waals surface area contributed by atoms with E-state index in [4.69, 9.17) is 24.1 Å². The molecule has 0 aliphatic carbocycles. The number of methoxy groups -OCH3 is 1. The first-order valence-electron chi connectivity index (χ1n) is 13.0. The molecular weight excluding hydrogens is 440 g/mol. The van der Waals surface area contributed by atoms with Crippen LogP contribution in [-0.4, -0.2) is 88.4 Å². The van der Waals surface area contributed by atoms with Gasteiger partial charge in [0.2, 0.25) is 0 Å². The van der Waals surface area contributed by atoms with Crippen LogP contribution in [0.25, 0.3) is 0 Å². The molecule has 202 valence electrons. The molecule has 0 aromatic heterocycles. The third-order valence-corrected chi connectivity index (χ3v) is 5.33. The first-order valence-corrected chi connectivity index (χ1v) is 13.0. The second-order valence-corrected chi connectivity index (χ2v) is 8.27. The van der Waals surface area contributed by atoms with Gasteiger partial charge in [0, 0.05) is 6.42 Å². The van der Waals surface area contributed by atoms with Crippen molar-refractivity contribution in [2.45, 2.75) is 89.8 Å². The zero-order valence-corrected chi connectivity index (χ0v) is 21.6. The molecule has 0 heterocycles. The maximum atomic E-state index is 11.1. The molecule has 2 atom stereocenters. The molecule has 0 aromatic rings. The van der Waals surface area contributed by atoms with Gasteiger partial charge in [0.25, 0.3) is 0 Å². The van der Waals surface area contributed by atoms with Crippen LogP contribution in [0.2, 0.25) is 0 Å². The van der Waals surface area contributed by atoms with Crippen LogP contribution in [0.3, 0.4) is 0 Å². The fraction of sp³-hybridized carbons (Fsp3) is 0.885. The van der Waals surface area contributed by atoms with Gasteiger partial charge in [0.1, 0.15) is 0 Å². The second-order valence-electron chi connectivity index (χ2n) is 8.27. The van der Waals surface area contributed by atoms with Crippen molar-refractivity contribution < 1.29 is 38.7 Å². The van der Waals surface area contributed by atoms with Gasteiger partial charge in [-0.2, -0.15) is 0 Å². The van der Waals surface area contributed by atoms with Gasteiger partial charge in [0.15, 0.2) is 0 Å². The van der Waals surface area contributed by atoms with E-state index < -0.39 is 6.10 Å². The summed E-state index contributed by atoms with van der Waals surface area (Å²) < 4.78 is 26.6. The molecule has 0 aliphatic heterocycles. The number of aliphatic hydroxyl groups excluding tert-OH is 2. The third kappa shape index (κ3) is 22.7. The predicted octanol–water partition coefficient (Wildman–Crippen LogP) is 3.81. The average molecular weight is 491 g/mol. The van der Waals surface area contributed by atoms with Gasteiger partial charge in [-0.1, -0.05) is 51.2 Å². The maximum absolute atomic E-state index is 11.1. The molecule has 0 rings (SSSR count). The molecule has 0 unspecified atom stereocenters. The number of carbonyl (C=O) groups excluding carboxylic acids is 1. The number of carbonyl (C=O) groups is 1. The van der Waals surface area contributed by atoms with Crippen LogP contribution in [0.5, 0.6) is 0 Å². The molecule has 0 fully saturated rings. The van der Waals surface area contributed by atoms with E-state index in [2.05, 4.69) is 23.8 Å². The lowest BCUT2D eigenvalue weighted by molar-refractivity contribution is -0.140. The highest BCUT2D eigenvalue weighted by Crippen LogP contribution is 2.14. The quantitative estimate of drug-likeness (QED) is 0.107. The van der Waals surface area contributed by atoms with Gasteiger partial charge in [-0.15, -0.1) is 0 Å². The Labute approximate surface area is 206 Å². The highest BCUT2D eigenvalue weighted by Gasteiger charge is 2.18. The van der Waals surface area contributed by atoms with E-state index in [1.165, 1.54) is 7.11 Å². The largest absolute Gasteiger partial charge is 0.469 e. The van der Waals surface area contributed by atoms with Gasteiger partial charge in [-0.05, 0) is 32.1 Å². The Balaban J connectivity index is 3.80. The summed E-state index contributed by atoms with van der Waals surface area (Å²) >= 11 is 0. The smallest absolute Gasteiger partial charge is 0.305 e. The molecule has 8 nitrogen and oxygen atoms in total. The van der Waals surface area contributed by atoms with E-state index in [0.29, 0.717) is 59.1 Å². The third-order valence-electron chi connectivity index (χ3n) is 5.33. The lowest BCUT2D eigenvalue weighted by Crippen LogP contribution is -2.30. The Morgan fingerprint density at radius 2 is 1.44 bits per heavy atom. The number of unbranched alkanes of at least 4 members (excludes halogenated alkanes) is 6. The summed E-state index contributed by atoms with van der Waals surface area (Å²) in [4.78, 5) is 11.1. The molecule has 8 heteroatoms. The molecule has 2 N–H and O–H groups in total. The van der Waals surface area contributed by atoms with E-state index >= 15 is 0 Å². The van der Waals surface area contributed by atoms with E-state index in [0.717, 1.165) is 57.8 Å². The summed E-state index contributed by atoms with van der Waals surface area (Å²) in [6, 6.07) is 0. The van der Waals surface area contributed by atoms with Crippen LogP contribution in [0, 0.1) is 0 Å². The normalized spacial score (nSPS) is 13.4. The lowest BCUT2D eigenvalue weighted by atomic mass is 10.0. The standard InChI is InChI=1S/C26H50O8/c1-3-4-14-25(34-23-22-33-21-20-32-19-18-31-17-16-27)24(28)13-11-9-7-5-6-8-10-12-15-26(29)30-2/h9,11,24-25,27-28H,3-8,10,12-23H2,1-2H3/t24-,25+/m1/s1. The summed E-state index contributed by atoms with van der Waals surface area (Å²) in [6.45, 7) is 5.33. The monoisotopic (exact) mass is 490 g/mol. The molecule has 0 aromatic carbocycles. The highest BCUT2D eigenvalue weighted by atomic mass is 16.6. The Kier molecular flexibility index (Phi) is 25.8. The molecule has 0 saturated heterocycles. The number of aliphatic hydroxyl groups is 2. The summed E-state index contributed by atoms with van der Waals surface area (Å²) in [5.41, 5.74) is 0. The van der Waals surface area contributed by atoms with Gasteiger partial charge in [0.05, 0.1) is 72.2 Å². The fourth-order valence-corrected chi connectivity index (χ4v) is 3.33. The zero-order chi connectivity index (χ0) is 25.1. The van der Waals surface area contributed by atoms with E-state index in [1.54, 1.807) is 0 Å². The number of hydrogen-bond donors (Lipinski definition) is 2. The Bertz CT molecular complexity index is 458. The SMILES string of the molecule is CCCC[C@H](OCCOCCOCCOCCO)[C@H](O)CC=CCCCCCCCC(=O)OC. The lowest BCUT2D eigenvalue weighted by Gasteiger charge is -2.22. The Hall–Kier alpha value is -1.03. The van der Waals surface area contributed by atoms with Crippen molar-refractivity contribution in [3.63, 3.8) is 0 Å². The molecule has 0 spiro atoms. The van der Waals surface area contributed by atoms with Gasteiger partial charge < -0.3 is 33.9 Å². The zero-order valence-electron chi connectivity index (χ0n) is 21.6. The summed E-state index contributed by atoms with van der Waals surface area (Å²) in [6.07, 6.45) is 13.9. The van der Waals surface area contributed by atoms with Gasteiger partial charge >= 0.3 is 5.97 Å². The topological polar surface area (TPSA) is 104 Å². The number of rotatable bonds is 26. The van der Waals surface area contributed by atoms with Crippen LogP contribution in [-0.2, 0) is 28.5 Å². The van der Waals surface area contributed by atoms with Gasteiger partial charge in [-0.25, -0.2) is 0 Å². The minimum atomic E-state index is -0.511. The molecule has 0 saturated carbocycles. The van der Waals surface area contributed by atoms with Crippen molar-refractivity contribution in [1.82, 2.24) is 0 Å². The van der Waals surface area contributed by atoms with Crippen LogP contribution >= 0.6 is 0 Å². The van der Waals surface area contributed by atoms with Crippen LogP contribution in [0.4, 0.5) is 0 Å². The minimum Gasteiger partial charge on any atom is -0.469 e. The van der Waals surface area contributed by atoms with Gasteiger partial charge in [-0.3, -0.25) is 4.79 Å². The molecule has 0 aliphatic rings. The average Bonchev–Trinajstić information content (AvgIpc) is 2.85. The molecular formula is C26H50O8. The number of ether oxygens (including phenoxy) is 5. The molecule has 34 heavy (non-hydrogen) atoms. The van der Waals surface area contributed by atoms with Crippen LogP contribution in [0.15, 0.2) is 12.2 Å². The van der Waals surface area contributed by atoms with E-state index in [9.17, 15) is 9.90 Å². The first kappa shape index (κ1) is 33.0. The summed E-state index contributed by atoms with van der Waals surface area (Å²) in [5.74, 6) is -0.127. The van der Waals surface area contributed by atoms with Crippen molar-refractivity contribution in [3.05, 3.63) is 12.2 Å². The number of allylic oxidation sites excluding steroid dienone is 1. The molecule has 0 radical (unpaired) electrons. The molecule has 0 amide bonds. The van der Waals surface area contributed by atoms with Crippen molar-refractivity contribution >= 4 is 5.97 Å². The fourth-order valence-electron chi connectivity index (χ4n) is 3.33. The summed E-state index contributed by atoms with van der Waals surface area (Å²) in [7, 11) is 1.43. The van der Waals surface area contributed by atoms with Crippen molar-refractivity contribution in [2.24, 2.45) is 0 Å². The first-order chi connectivity index (χ1) is 16.7. The van der Waals surface area contributed by atoms with Crippen molar-refractivity contribution in [1.29, 1.82) is 0 Å². The predicted molar refractivity (Wildman–Crippen MR) is 133 cm³/mol. The van der Waals surface area contributed by atoms with E-state index in [1.807, 2.05) is 0 Å². The highest BCUT2D eigenvalue weighted by molar-refractivity contribution is 5.68. The van der Waals surface area contributed by atoms with Crippen LogP contribution in [0.1, 0.15) is 77.6 Å².